The highest BCUT2D eigenvalue weighted by Crippen LogP contribution is 2.10. The van der Waals surface area contributed by atoms with Crippen LogP contribution in [0.3, 0.4) is 0 Å². The van der Waals surface area contributed by atoms with Crippen molar-refractivity contribution in [1.82, 2.24) is 0 Å². The number of hydrogen-bond acceptors (Lipinski definition) is 1. The molecule has 0 aliphatic heterocycles. The largest absolute Gasteiger partial charge is 0.303 e. The lowest BCUT2D eigenvalue weighted by molar-refractivity contribution is -0.107. The van der Waals surface area contributed by atoms with E-state index in [1.54, 1.807) is 0 Å². The molecule has 0 saturated heterocycles. The number of rotatable bonds is 8. The van der Waals surface area contributed by atoms with Gasteiger partial charge in [-0.1, -0.05) is 37.6 Å². The van der Waals surface area contributed by atoms with Crippen LogP contribution in [0.25, 0.3) is 0 Å². The summed E-state index contributed by atoms with van der Waals surface area (Å²) in [5.74, 6) is 0. The van der Waals surface area contributed by atoms with Crippen LogP contribution in [0, 0.1) is 0 Å². The highest BCUT2D eigenvalue weighted by molar-refractivity contribution is 5.48. The van der Waals surface area contributed by atoms with Crippen LogP contribution in [-0.4, -0.2) is 6.29 Å². The predicted octanol–water partition coefficient (Wildman–Crippen LogP) is 3.94. The molecule has 1 aromatic carbocycles. The lowest BCUT2D eigenvalue weighted by Crippen LogP contribution is -1.89. The van der Waals surface area contributed by atoms with Crippen LogP contribution in [0.5, 0.6) is 0 Å². The fourth-order valence-corrected chi connectivity index (χ4v) is 1.81. The fraction of sp³-hybridized carbons (Fsp3) is 0.533. The van der Waals surface area contributed by atoms with Gasteiger partial charge in [-0.15, -0.1) is 0 Å². The molecule has 0 unspecified atom stereocenters. The molecule has 0 atom stereocenters. The summed E-state index contributed by atoms with van der Waals surface area (Å²) in [6.07, 6.45) is 8.67. The monoisotopic (exact) mass is 218 g/mol. The van der Waals surface area contributed by atoms with Crippen LogP contribution >= 0.6 is 0 Å². The lowest BCUT2D eigenvalue weighted by atomic mass is 10.0. The first-order valence-corrected chi connectivity index (χ1v) is 6.38. The number of hydrogen-bond donors (Lipinski definition) is 0. The Morgan fingerprint density at radius 2 is 1.50 bits per heavy atom. The Morgan fingerprint density at radius 3 is 2.00 bits per heavy atom. The number of carbonyl (C=O) groups excluding carboxylic acids is 1. The van der Waals surface area contributed by atoms with Crippen LogP contribution < -0.4 is 0 Å². The molecule has 1 heteroatoms. The molecule has 0 aromatic heterocycles. The van der Waals surface area contributed by atoms with Gasteiger partial charge in [-0.2, -0.15) is 0 Å². The van der Waals surface area contributed by atoms with Crippen molar-refractivity contribution in [3.05, 3.63) is 35.4 Å². The normalized spacial score (nSPS) is 10.3. The minimum absolute atomic E-state index is 0.703. The molecule has 1 nitrogen and oxygen atoms in total. The van der Waals surface area contributed by atoms with Gasteiger partial charge in [0.05, 0.1) is 0 Å². The second-order valence-electron chi connectivity index (χ2n) is 4.33. The van der Waals surface area contributed by atoms with E-state index in [9.17, 15) is 4.79 Å². The standard InChI is InChI=1S/C15H22O/c1-2-3-7-14-9-11-15(12-10-14)8-5-4-6-13-16/h9-13H,2-8H2,1H3. The molecule has 0 aliphatic carbocycles. The van der Waals surface area contributed by atoms with Crippen molar-refractivity contribution in [2.75, 3.05) is 0 Å². The van der Waals surface area contributed by atoms with Crippen molar-refractivity contribution in [3.63, 3.8) is 0 Å². The summed E-state index contributed by atoms with van der Waals surface area (Å²) in [5.41, 5.74) is 2.84. The molecule has 0 spiro atoms. The van der Waals surface area contributed by atoms with Crippen LogP contribution in [0.2, 0.25) is 0 Å². The van der Waals surface area contributed by atoms with E-state index >= 15 is 0 Å². The second kappa shape index (κ2) is 8.09. The van der Waals surface area contributed by atoms with E-state index in [-0.39, 0.29) is 0 Å². The third kappa shape index (κ3) is 5.11. The molecule has 1 aromatic rings. The Balaban J connectivity index is 2.30. The van der Waals surface area contributed by atoms with Crippen molar-refractivity contribution < 1.29 is 4.79 Å². The highest BCUT2D eigenvalue weighted by atomic mass is 16.1. The van der Waals surface area contributed by atoms with E-state index in [4.69, 9.17) is 0 Å². The quantitative estimate of drug-likeness (QED) is 0.477. The van der Waals surface area contributed by atoms with Crippen LogP contribution in [0.1, 0.15) is 50.2 Å². The Bertz CT molecular complexity index is 287. The van der Waals surface area contributed by atoms with E-state index in [0.717, 1.165) is 25.5 Å². The van der Waals surface area contributed by atoms with E-state index in [2.05, 4.69) is 31.2 Å². The molecule has 0 heterocycles. The lowest BCUT2D eigenvalue weighted by Gasteiger charge is -2.03. The summed E-state index contributed by atoms with van der Waals surface area (Å²) >= 11 is 0. The van der Waals surface area contributed by atoms with Crippen molar-refractivity contribution >= 4 is 6.29 Å². The third-order valence-electron chi connectivity index (χ3n) is 2.88. The summed E-state index contributed by atoms with van der Waals surface area (Å²) in [7, 11) is 0. The van der Waals surface area contributed by atoms with E-state index in [1.165, 1.54) is 30.4 Å². The number of carbonyl (C=O) groups is 1. The molecular formula is C15H22O. The number of benzene rings is 1. The Kier molecular flexibility index (Phi) is 6.55. The van der Waals surface area contributed by atoms with Gasteiger partial charge in [-0.3, -0.25) is 0 Å². The molecule has 0 fully saturated rings. The molecule has 0 radical (unpaired) electrons. The van der Waals surface area contributed by atoms with Gasteiger partial charge in [0.1, 0.15) is 6.29 Å². The Hall–Kier alpha value is -1.11. The average molecular weight is 218 g/mol. The zero-order chi connectivity index (χ0) is 11.6. The summed E-state index contributed by atoms with van der Waals surface area (Å²) in [6, 6.07) is 8.94. The fourth-order valence-electron chi connectivity index (χ4n) is 1.81. The van der Waals surface area contributed by atoms with Gasteiger partial charge in [0.25, 0.3) is 0 Å². The molecule has 0 saturated carbocycles. The summed E-state index contributed by atoms with van der Waals surface area (Å²) in [4.78, 5) is 10.2. The van der Waals surface area contributed by atoms with Crippen LogP contribution in [0.4, 0.5) is 0 Å². The van der Waals surface area contributed by atoms with Gasteiger partial charge in [0.15, 0.2) is 0 Å². The zero-order valence-electron chi connectivity index (χ0n) is 10.2. The predicted molar refractivity (Wildman–Crippen MR) is 68.7 cm³/mol. The zero-order valence-corrected chi connectivity index (χ0v) is 10.2. The maximum absolute atomic E-state index is 10.2. The first kappa shape index (κ1) is 13.0. The average Bonchev–Trinajstić information content (AvgIpc) is 2.33. The van der Waals surface area contributed by atoms with Gasteiger partial charge in [0, 0.05) is 6.42 Å². The molecule has 0 bridgehead atoms. The number of aryl methyl sites for hydroxylation is 2. The Labute approximate surface area is 98.9 Å². The second-order valence-corrected chi connectivity index (χ2v) is 4.33. The minimum atomic E-state index is 0.703. The molecular weight excluding hydrogens is 196 g/mol. The first-order chi connectivity index (χ1) is 7.86. The topological polar surface area (TPSA) is 17.1 Å². The molecule has 0 amide bonds. The van der Waals surface area contributed by atoms with Gasteiger partial charge in [-0.05, 0) is 43.2 Å². The molecule has 1 rings (SSSR count). The van der Waals surface area contributed by atoms with Gasteiger partial charge in [-0.25, -0.2) is 0 Å². The first-order valence-electron chi connectivity index (χ1n) is 6.38. The van der Waals surface area contributed by atoms with Crippen molar-refractivity contribution in [2.24, 2.45) is 0 Å². The molecule has 16 heavy (non-hydrogen) atoms. The van der Waals surface area contributed by atoms with Gasteiger partial charge >= 0.3 is 0 Å². The minimum Gasteiger partial charge on any atom is -0.303 e. The van der Waals surface area contributed by atoms with Crippen LogP contribution in [-0.2, 0) is 17.6 Å². The van der Waals surface area contributed by atoms with Crippen molar-refractivity contribution in [2.45, 2.75) is 51.9 Å². The Morgan fingerprint density at radius 1 is 0.938 bits per heavy atom. The van der Waals surface area contributed by atoms with Crippen LogP contribution in [0.15, 0.2) is 24.3 Å². The van der Waals surface area contributed by atoms with E-state index in [1.807, 2.05) is 0 Å². The third-order valence-corrected chi connectivity index (χ3v) is 2.88. The van der Waals surface area contributed by atoms with E-state index in [0.29, 0.717) is 6.42 Å². The molecule has 0 N–H and O–H groups in total. The highest BCUT2D eigenvalue weighted by Gasteiger charge is 1.95. The van der Waals surface area contributed by atoms with Gasteiger partial charge in [0.2, 0.25) is 0 Å². The van der Waals surface area contributed by atoms with Gasteiger partial charge < -0.3 is 4.79 Å². The number of unbranched alkanes of at least 4 members (excludes halogenated alkanes) is 3. The summed E-state index contributed by atoms with van der Waals surface area (Å²) in [5, 5.41) is 0. The smallest absolute Gasteiger partial charge is 0.119 e. The number of aldehydes is 1. The SMILES string of the molecule is CCCCc1ccc(CCCCC=O)cc1. The van der Waals surface area contributed by atoms with Crippen molar-refractivity contribution in [1.29, 1.82) is 0 Å². The molecule has 0 aliphatic rings. The molecule has 88 valence electrons. The maximum Gasteiger partial charge on any atom is 0.119 e. The van der Waals surface area contributed by atoms with Crippen molar-refractivity contribution in [3.8, 4) is 0 Å². The summed E-state index contributed by atoms with van der Waals surface area (Å²) < 4.78 is 0. The summed E-state index contributed by atoms with van der Waals surface area (Å²) in [6.45, 7) is 2.22. The maximum atomic E-state index is 10.2. The van der Waals surface area contributed by atoms with E-state index < -0.39 is 0 Å².